The second kappa shape index (κ2) is 5.60. The van der Waals surface area contributed by atoms with Gasteiger partial charge in [0.05, 0.1) is 30.9 Å². The van der Waals surface area contributed by atoms with Crippen LogP contribution in [0.4, 0.5) is 5.13 Å². The Morgan fingerprint density at radius 1 is 1.50 bits per heavy atom. The Kier molecular flexibility index (Phi) is 3.66. The molecule has 6 heteroatoms. The number of rotatable bonds is 3. The molecule has 0 aliphatic carbocycles. The summed E-state index contributed by atoms with van der Waals surface area (Å²) in [4.78, 5) is 17.7. The summed E-state index contributed by atoms with van der Waals surface area (Å²) < 4.78 is 10.5. The van der Waals surface area contributed by atoms with E-state index in [0.717, 1.165) is 17.0 Å². The number of hydrogen-bond donors (Lipinski definition) is 1. The van der Waals surface area contributed by atoms with Crippen LogP contribution >= 0.6 is 11.3 Å². The third kappa shape index (κ3) is 2.66. The van der Waals surface area contributed by atoms with Crippen LogP contribution in [0.2, 0.25) is 0 Å². The molecular weight excluding hydrogens is 276 g/mol. The van der Waals surface area contributed by atoms with Gasteiger partial charge in [-0.2, -0.15) is 0 Å². The minimum Gasteiger partial charge on any atom is -0.497 e. The third-order valence-electron chi connectivity index (χ3n) is 3.05. The molecular formula is C14H14N2O3S. The molecule has 0 saturated heterocycles. The van der Waals surface area contributed by atoms with Gasteiger partial charge < -0.3 is 9.47 Å². The van der Waals surface area contributed by atoms with Gasteiger partial charge in [0, 0.05) is 12.0 Å². The minimum absolute atomic E-state index is 0.184. The van der Waals surface area contributed by atoms with Gasteiger partial charge in [-0.1, -0.05) is 17.4 Å². The highest BCUT2D eigenvalue weighted by Crippen LogP contribution is 2.27. The van der Waals surface area contributed by atoms with E-state index in [2.05, 4.69) is 10.3 Å². The average molecular weight is 290 g/mol. The van der Waals surface area contributed by atoms with Gasteiger partial charge in [0.15, 0.2) is 5.13 Å². The third-order valence-corrected chi connectivity index (χ3v) is 4.03. The summed E-state index contributed by atoms with van der Waals surface area (Å²) in [6.07, 6.45) is 0.806. The van der Waals surface area contributed by atoms with Gasteiger partial charge in [-0.25, -0.2) is 4.98 Å². The topological polar surface area (TPSA) is 60.5 Å². The smallest absolute Gasteiger partial charge is 0.257 e. The van der Waals surface area contributed by atoms with Gasteiger partial charge in [-0.3, -0.25) is 10.1 Å². The quantitative estimate of drug-likeness (QED) is 0.943. The number of ether oxygens (including phenoxy) is 2. The molecule has 0 spiro atoms. The first kappa shape index (κ1) is 13.1. The van der Waals surface area contributed by atoms with E-state index in [1.807, 2.05) is 0 Å². The zero-order chi connectivity index (χ0) is 13.9. The number of benzene rings is 1. The van der Waals surface area contributed by atoms with Crippen molar-refractivity contribution in [3.63, 3.8) is 0 Å². The van der Waals surface area contributed by atoms with E-state index < -0.39 is 0 Å². The van der Waals surface area contributed by atoms with E-state index in [4.69, 9.17) is 9.47 Å². The number of hydrogen-bond acceptors (Lipinski definition) is 5. The largest absolute Gasteiger partial charge is 0.497 e. The molecule has 5 nitrogen and oxygen atoms in total. The van der Waals surface area contributed by atoms with Crippen molar-refractivity contribution in [2.24, 2.45) is 0 Å². The van der Waals surface area contributed by atoms with Gasteiger partial charge in [0.1, 0.15) is 5.75 Å². The fourth-order valence-corrected chi connectivity index (χ4v) is 2.95. The number of carbonyl (C=O) groups is 1. The molecule has 0 saturated carbocycles. The lowest BCUT2D eigenvalue weighted by atomic mass is 10.2. The summed E-state index contributed by atoms with van der Waals surface area (Å²) in [5, 5.41) is 3.44. The zero-order valence-corrected chi connectivity index (χ0v) is 11.8. The van der Waals surface area contributed by atoms with Crippen LogP contribution in [0.25, 0.3) is 0 Å². The number of thiazole rings is 1. The standard InChI is InChI=1S/C14H14N2O3S/c1-18-10-4-2-3-9(7-10)13(17)16-14-15-11-5-6-19-8-12(11)20-14/h2-4,7H,5-6,8H2,1H3,(H,15,16,17). The highest BCUT2D eigenvalue weighted by Gasteiger charge is 2.17. The molecule has 1 aliphatic rings. The van der Waals surface area contributed by atoms with Gasteiger partial charge in [-0.15, -0.1) is 0 Å². The van der Waals surface area contributed by atoms with Crippen LogP contribution in [-0.4, -0.2) is 24.6 Å². The molecule has 20 heavy (non-hydrogen) atoms. The Bertz CT molecular complexity index is 616. The van der Waals surface area contributed by atoms with Crippen molar-refractivity contribution in [2.45, 2.75) is 13.0 Å². The molecule has 0 bridgehead atoms. The SMILES string of the molecule is COc1cccc(C(=O)Nc2nc3c(s2)COCC3)c1. The fraction of sp³-hybridized carbons (Fsp3) is 0.286. The molecule has 3 rings (SSSR count). The summed E-state index contributed by atoms with van der Waals surface area (Å²) in [5.74, 6) is 0.473. The Morgan fingerprint density at radius 3 is 3.20 bits per heavy atom. The van der Waals surface area contributed by atoms with Crippen LogP contribution in [-0.2, 0) is 17.8 Å². The van der Waals surface area contributed by atoms with Gasteiger partial charge >= 0.3 is 0 Å². The van der Waals surface area contributed by atoms with Crippen molar-refractivity contribution >= 4 is 22.4 Å². The number of nitrogens with zero attached hydrogens (tertiary/aromatic N) is 1. The summed E-state index contributed by atoms with van der Waals surface area (Å²) in [5.41, 5.74) is 1.58. The zero-order valence-electron chi connectivity index (χ0n) is 11.0. The maximum Gasteiger partial charge on any atom is 0.257 e. The van der Waals surface area contributed by atoms with Crippen molar-refractivity contribution in [1.29, 1.82) is 0 Å². The molecule has 1 aromatic carbocycles. The Balaban J connectivity index is 1.76. The lowest BCUT2D eigenvalue weighted by Gasteiger charge is -2.08. The number of amides is 1. The number of aromatic nitrogens is 1. The van der Waals surface area contributed by atoms with E-state index in [1.54, 1.807) is 31.4 Å². The van der Waals surface area contributed by atoms with Crippen molar-refractivity contribution in [1.82, 2.24) is 4.98 Å². The van der Waals surface area contributed by atoms with Crippen molar-refractivity contribution in [3.05, 3.63) is 40.4 Å². The summed E-state index contributed by atoms with van der Waals surface area (Å²) in [6, 6.07) is 7.03. The van der Waals surface area contributed by atoms with Crippen LogP contribution in [0, 0.1) is 0 Å². The molecule has 0 fully saturated rings. The van der Waals surface area contributed by atoms with Gasteiger partial charge in [0.25, 0.3) is 5.91 Å². The first-order chi connectivity index (χ1) is 9.76. The average Bonchev–Trinajstić information content (AvgIpc) is 2.89. The molecule has 0 atom stereocenters. The first-order valence-electron chi connectivity index (χ1n) is 6.28. The van der Waals surface area contributed by atoms with Crippen LogP contribution in [0.5, 0.6) is 5.75 Å². The highest BCUT2D eigenvalue weighted by molar-refractivity contribution is 7.15. The Morgan fingerprint density at radius 2 is 2.40 bits per heavy atom. The lowest BCUT2D eigenvalue weighted by molar-refractivity contribution is 0.102. The maximum absolute atomic E-state index is 12.2. The second-order valence-corrected chi connectivity index (χ2v) is 5.46. The maximum atomic E-state index is 12.2. The number of methoxy groups -OCH3 is 1. The van der Waals surface area contributed by atoms with Gasteiger partial charge in [0.2, 0.25) is 0 Å². The van der Waals surface area contributed by atoms with E-state index in [-0.39, 0.29) is 5.91 Å². The summed E-state index contributed by atoms with van der Waals surface area (Å²) in [6.45, 7) is 1.28. The predicted octanol–water partition coefficient (Wildman–Crippen LogP) is 2.48. The number of fused-ring (bicyclic) bond motifs is 1. The molecule has 2 aromatic rings. The van der Waals surface area contributed by atoms with E-state index in [1.165, 1.54) is 11.3 Å². The molecule has 104 valence electrons. The minimum atomic E-state index is -0.184. The predicted molar refractivity (Wildman–Crippen MR) is 76.4 cm³/mol. The number of carbonyl (C=O) groups excluding carboxylic acids is 1. The Labute approximate surface area is 120 Å². The van der Waals surface area contributed by atoms with Crippen LogP contribution in [0.1, 0.15) is 20.9 Å². The molecule has 1 aliphatic heterocycles. The van der Waals surface area contributed by atoms with Crippen molar-refractivity contribution in [3.8, 4) is 5.75 Å². The lowest BCUT2D eigenvalue weighted by Crippen LogP contribution is -2.12. The van der Waals surface area contributed by atoms with Crippen LogP contribution < -0.4 is 10.1 Å². The van der Waals surface area contributed by atoms with E-state index in [0.29, 0.717) is 29.7 Å². The van der Waals surface area contributed by atoms with E-state index in [9.17, 15) is 4.79 Å². The molecule has 1 amide bonds. The normalized spacial score (nSPS) is 13.7. The molecule has 1 aromatic heterocycles. The molecule has 2 heterocycles. The van der Waals surface area contributed by atoms with Crippen molar-refractivity contribution in [2.75, 3.05) is 19.0 Å². The first-order valence-corrected chi connectivity index (χ1v) is 7.09. The van der Waals surface area contributed by atoms with Gasteiger partial charge in [-0.05, 0) is 18.2 Å². The summed E-state index contributed by atoms with van der Waals surface area (Å²) >= 11 is 1.47. The van der Waals surface area contributed by atoms with Crippen molar-refractivity contribution < 1.29 is 14.3 Å². The molecule has 0 unspecified atom stereocenters. The highest BCUT2D eigenvalue weighted by atomic mass is 32.1. The number of nitrogens with one attached hydrogen (secondary N) is 1. The number of anilines is 1. The monoisotopic (exact) mass is 290 g/mol. The second-order valence-electron chi connectivity index (χ2n) is 4.38. The molecule has 1 N–H and O–H groups in total. The fourth-order valence-electron chi connectivity index (χ4n) is 2.01. The van der Waals surface area contributed by atoms with E-state index >= 15 is 0 Å². The Hall–Kier alpha value is -1.92. The molecule has 0 radical (unpaired) electrons. The van der Waals surface area contributed by atoms with Crippen LogP contribution in [0.15, 0.2) is 24.3 Å². The summed E-state index contributed by atoms with van der Waals surface area (Å²) in [7, 11) is 1.58. The van der Waals surface area contributed by atoms with Crippen LogP contribution in [0.3, 0.4) is 0 Å².